The predicted molar refractivity (Wildman–Crippen MR) is 83.0 cm³/mol. The first kappa shape index (κ1) is 15.3. The molecule has 0 aromatic heterocycles. The van der Waals surface area contributed by atoms with Gasteiger partial charge in [-0.2, -0.15) is 0 Å². The van der Waals surface area contributed by atoms with Gasteiger partial charge in [0.25, 0.3) is 5.91 Å². The minimum Gasteiger partial charge on any atom is -0.454 e. The van der Waals surface area contributed by atoms with Crippen LogP contribution in [0.4, 0.5) is 10.1 Å². The van der Waals surface area contributed by atoms with Gasteiger partial charge < -0.3 is 15.4 Å². The molecule has 0 unspecified atom stereocenters. The van der Waals surface area contributed by atoms with Crippen molar-refractivity contribution in [1.82, 2.24) is 4.90 Å². The minimum absolute atomic E-state index is 0.155. The molecule has 2 rings (SSSR count). The van der Waals surface area contributed by atoms with E-state index in [4.69, 9.17) is 10.5 Å². The summed E-state index contributed by atoms with van der Waals surface area (Å²) < 4.78 is 19.2. The first-order chi connectivity index (χ1) is 9.88. The van der Waals surface area contributed by atoms with Gasteiger partial charge in [-0.1, -0.05) is 0 Å². The van der Waals surface area contributed by atoms with Crippen LogP contribution in [0, 0.1) is 5.82 Å². The van der Waals surface area contributed by atoms with E-state index in [1.165, 1.54) is 23.1 Å². The van der Waals surface area contributed by atoms with Crippen LogP contribution in [0.25, 0.3) is 0 Å². The van der Waals surface area contributed by atoms with Crippen LogP contribution in [0.2, 0.25) is 0 Å². The zero-order valence-corrected chi connectivity index (χ0v) is 13.1. The summed E-state index contributed by atoms with van der Waals surface area (Å²) >= 11 is 3.22. The fourth-order valence-electron chi connectivity index (χ4n) is 1.69. The van der Waals surface area contributed by atoms with E-state index in [1.54, 1.807) is 32.3 Å². The van der Waals surface area contributed by atoms with E-state index in [-0.39, 0.29) is 11.7 Å². The van der Waals surface area contributed by atoms with Crippen molar-refractivity contribution in [3.8, 4) is 11.5 Å². The van der Waals surface area contributed by atoms with E-state index in [0.717, 1.165) is 0 Å². The molecule has 21 heavy (non-hydrogen) atoms. The average Bonchev–Trinajstić information content (AvgIpc) is 2.43. The summed E-state index contributed by atoms with van der Waals surface area (Å²) in [5.74, 6) is 0.226. The van der Waals surface area contributed by atoms with Crippen molar-refractivity contribution in [1.29, 1.82) is 0 Å². The monoisotopic (exact) mass is 352 g/mol. The SMILES string of the molecule is CN(C)C(=O)c1ccc(N)c(Oc2ccc(F)cc2Br)c1. The molecule has 110 valence electrons. The van der Waals surface area contributed by atoms with Crippen LogP contribution in [0.15, 0.2) is 40.9 Å². The summed E-state index contributed by atoms with van der Waals surface area (Å²) in [6.45, 7) is 0. The molecule has 0 spiro atoms. The molecular formula is C15H14BrFN2O2. The van der Waals surface area contributed by atoms with Crippen molar-refractivity contribution in [3.63, 3.8) is 0 Å². The number of nitrogens with zero attached hydrogens (tertiary/aromatic N) is 1. The molecular weight excluding hydrogens is 339 g/mol. The lowest BCUT2D eigenvalue weighted by atomic mass is 10.1. The molecule has 0 saturated carbocycles. The van der Waals surface area contributed by atoms with E-state index in [9.17, 15) is 9.18 Å². The maximum atomic E-state index is 13.1. The molecule has 4 nitrogen and oxygen atoms in total. The smallest absolute Gasteiger partial charge is 0.253 e. The van der Waals surface area contributed by atoms with Gasteiger partial charge in [-0.05, 0) is 52.3 Å². The molecule has 0 aliphatic carbocycles. The third-order valence-electron chi connectivity index (χ3n) is 2.78. The fraction of sp³-hybridized carbons (Fsp3) is 0.133. The number of halogens is 2. The summed E-state index contributed by atoms with van der Waals surface area (Å²) in [4.78, 5) is 13.4. The predicted octanol–water partition coefficient (Wildman–Crippen LogP) is 3.66. The molecule has 0 fully saturated rings. The van der Waals surface area contributed by atoms with Crippen LogP contribution < -0.4 is 10.5 Å². The highest BCUT2D eigenvalue weighted by atomic mass is 79.9. The zero-order chi connectivity index (χ0) is 15.6. The Morgan fingerprint density at radius 2 is 1.90 bits per heavy atom. The number of carbonyl (C=O) groups excluding carboxylic acids is 1. The lowest BCUT2D eigenvalue weighted by molar-refractivity contribution is 0.0827. The Balaban J connectivity index is 2.35. The molecule has 0 aliphatic rings. The van der Waals surface area contributed by atoms with E-state index in [0.29, 0.717) is 27.2 Å². The first-order valence-electron chi connectivity index (χ1n) is 6.12. The van der Waals surface area contributed by atoms with Gasteiger partial charge in [0.15, 0.2) is 5.75 Å². The molecule has 0 atom stereocenters. The Kier molecular flexibility index (Phi) is 4.47. The quantitative estimate of drug-likeness (QED) is 0.857. The standard InChI is InChI=1S/C15H14BrFN2O2/c1-19(2)15(20)9-3-5-12(18)14(7-9)21-13-6-4-10(17)8-11(13)16/h3-8H,18H2,1-2H3. The molecule has 6 heteroatoms. The lowest BCUT2D eigenvalue weighted by Gasteiger charge is -2.14. The third-order valence-corrected chi connectivity index (χ3v) is 3.40. The second kappa shape index (κ2) is 6.13. The lowest BCUT2D eigenvalue weighted by Crippen LogP contribution is -2.21. The van der Waals surface area contributed by atoms with Crippen LogP contribution in [-0.2, 0) is 0 Å². The van der Waals surface area contributed by atoms with E-state index >= 15 is 0 Å². The molecule has 0 aliphatic heterocycles. The van der Waals surface area contributed by atoms with Crippen molar-refractivity contribution in [3.05, 3.63) is 52.3 Å². The van der Waals surface area contributed by atoms with Gasteiger partial charge in [0.05, 0.1) is 10.2 Å². The second-order valence-electron chi connectivity index (χ2n) is 4.63. The number of rotatable bonds is 3. The molecule has 2 aromatic rings. The highest BCUT2D eigenvalue weighted by molar-refractivity contribution is 9.10. The largest absolute Gasteiger partial charge is 0.454 e. The molecule has 0 bridgehead atoms. The van der Waals surface area contributed by atoms with Crippen LogP contribution >= 0.6 is 15.9 Å². The summed E-state index contributed by atoms with van der Waals surface area (Å²) in [6.07, 6.45) is 0. The van der Waals surface area contributed by atoms with Crippen LogP contribution in [-0.4, -0.2) is 24.9 Å². The van der Waals surface area contributed by atoms with Gasteiger partial charge in [-0.3, -0.25) is 4.79 Å². The third kappa shape index (κ3) is 3.52. The number of anilines is 1. The van der Waals surface area contributed by atoms with Crippen molar-refractivity contribution in [2.24, 2.45) is 0 Å². The number of amides is 1. The molecule has 2 aromatic carbocycles. The Bertz CT molecular complexity index is 689. The number of benzene rings is 2. The molecule has 1 amide bonds. The Hall–Kier alpha value is -2.08. The maximum Gasteiger partial charge on any atom is 0.253 e. The fourth-order valence-corrected chi connectivity index (χ4v) is 2.12. The van der Waals surface area contributed by atoms with Crippen LogP contribution in [0.5, 0.6) is 11.5 Å². The number of nitrogens with two attached hydrogens (primary N) is 1. The van der Waals surface area contributed by atoms with E-state index in [1.807, 2.05) is 0 Å². The number of ether oxygens (including phenoxy) is 1. The van der Waals surface area contributed by atoms with Gasteiger partial charge in [0.1, 0.15) is 11.6 Å². The molecule has 2 N–H and O–H groups in total. The van der Waals surface area contributed by atoms with E-state index < -0.39 is 0 Å². The van der Waals surface area contributed by atoms with Crippen molar-refractivity contribution >= 4 is 27.5 Å². The van der Waals surface area contributed by atoms with Crippen molar-refractivity contribution in [2.45, 2.75) is 0 Å². The van der Waals surface area contributed by atoms with Gasteiger partial charge in [-0.25, -0.2) is 4.39 Å². The molecule has 0 radical (unpaired) electrons. The number of carbonyl (C=O) groups is 1. The number of hydrogen-bond donors (Lipinski definition) is 1. The summed E-state index contributed by atoms with van der Waals surface area (Å²) in [6, 6.07) is 8.85. The Morgan fingerprint density at radius 3 is 2.52 bits per heavy atom. The highest BCUT2D eigenvalue weighted by Crippen LogP contribution is 2.33. The number of hydrogen-bond acceptors (Lipinski definition) is 3. The van der Waals surface area contributed by atoms with Gasteiger partial charge in [-0.15, -0.1) is 0 Å². The topological polar surface area (TPSA) is 55.6 Å². The highest BCUT2D eigenvalue weighted by Gasteiger charge is 2.12. The van der Waals surface area contributed by atoms with Crippen molar-refractivity contribution in [2.75, 3.05) is 19.8 Å². The first-order valence-corrected chi connectivity index (χ1v) is 6.92. The van der Waals surface area contributed by atoms with Crippen LogP contribution in [0.3, 0.4) is 0 Å². The summed E-state index contributed by atoms with van der Waals surface area (Å²) in [5.41, 5.74) is 6.71. The maximum absolute atomic E-state index is 13.1. The number of nitrogen functional groups attached to an aromatic ring is 1. The van der Waals surface area contributed by atoms with Gasteiger partial charge in [0.2, 0.25) is 0 Å². The van der Waals surface area contributed by atoms with E-state index in [2.05, 4.69) is 15.9 Å². The zero-order valence-electron chi connectivity index (χ0n) is 11.6. The molecule has 0 heterocycles. The Labute approximate surface area is 130 Å². The normalized spacial score (nSPS) is 10.3. The van der Waals surface area contributed by atoms with Gasteiger partial charge >= 0.3 is 0 Å². The average molecular weight is 353 g/mol. The second-order valence-corrected chi connectivity index (χ2v) is 5.48. The summed E-state index contributed by atoms with van der Waals surface area (Å²) in [7, 11) is 3.32. The minimum atomic E-state index is -0.376. The van der Waals surface area contributed by atoms with Crippen LogP contribution in [0.1, 0.15) is 10.4 Å². The van der Waals surface area contributed by atoms with Gasteiger partial charge in [0, 0.05) is 19.7 Å². The van der Waals surface area contributed by atoms with Crippen molar-refractivity contribution < 1.29 is 13.9 Å². The molecule has 0 saturated heterocycles. The Morgan fingerprint density at radius 1 is 1.19 bits per heavy atom. The summed E-state index contributed by atoms with van der Waals surface area (Å²) in [5, 5.41) is 0.